The number of hydrogen-bond acceptors (Lipinski definition) is 2. The maximum absolute atomic E-state index is 5.90. The summed E-state index contributed by atoms with van der Waals surface area (Å²) in [4.78, 5) is 0. The lowest BCUT2D eigenvalue weighted by molar-refractivity contribution is 0.360. The van der Waals surface area contributed by atoms with Gasteiger partial charge in [-0.25, -0.2) is 0 Å². The van der Waals surface area contributed by atoms with Crippen LogP contribution in [0.15, 0.2) is 42.5 Å². The fourth-order valence-electron chi connectivity index (χ4n) is 3.77. The van der Waals surface area contributed by atoms with Crippen molar-refractivity contribution in [2.75, 3.05) is 0 Å². The Morgan fingerprint density at radius 1 is 0.952 bits per heavy atom. The third-order valence-corrected chi connectivity index (χ3v) is 4.94. The van der Waals surface area contributed by atoms with Crippen LogP contribution in [0.4, 0.5) is 0 Å². The molecule has 2 aromatic rings. The van der Waals surface area contributed by atoms with Crippen molar-refractivity contribution in [3.05, 3.63) is 48.0 Å². The molecule has 1 aliphatic rings. The fraction of sp³-hybridized carbons (Fsp3) is 0.474. The molecule has 0 heterocycles. The van der Waals surface area contributed by atoms with E-state index >= 15 is 0 Å². The van der Waals surface area contributed by atoms with E-state index in [1.807, 2.05) is 0 Å². The van der Waals surface area contributed by atoms with Gasteiger partial charge in [0.15, 0.2) is 0 Å². The van der Waals surface area contributed by atoms with Crippen LogP contribution in [0.3, 0.4) is 0 Å². The van der Waals surface area contributed by atoms with E-state index in [1.54, 1.807) is 0 Å². The highest BCUT2D eigenvalue weighted by Crippen LogP contribution is 2.33. The molecule has 0 radical (unpaired) electrons. The molecule has 1 fully saturated rings. The molecule has 1 unspecified atom stereocenters. The summed E-state index contributed by atoms with van der Waals surface area (Å²) < 4.78 is 0. The fourth-order valence-corrected chi connectivity index (χ4v) is 3.77. The zero-order valence-corrected chi connectivity index (χ0v) is 12.7. The highest BCUT2D eigenvalue weighted by Gasteiger charge is 2.19. The molecule has 2 aromatic carbocycles. The van der Waals surface area contributed by atoms with Crippen LogP contribution in [0.1, 0.15) is 56.6 Å². The molecule has 0 bridgehead atoms. The Labute approximate surface area is 127 Å². The monoisotopic (exact) mass is 282 g/mol. The summed E-state index contributed by atoms with van der Waals surface area (Å²) >= 11 is 0. The predicted octanol–water partition coefficient (Wildman–Crippen LogP) is 4.70. The number of fused-ring (bicyclic) bond motifs is 1. The van der Waals surface area contributed by atoms with Crippen LogP contribution in [-0.2, 0) is 0 Å². The quantitative estimate of drug-likeness (QED) is 0.484. The molecule has 0 spiro atoms. The molecule has 1 aliphatic carbocycles. The van der Waals surface area contributed by atoms with E-state index in [9.17, 15) is 0 Å². The van der Waals surface area contributed by atoms with Gasteiger partial charge in [-0.1, -0.05) is 81.0 Å². The van der Waals surface area contributed by atoms with Gasteiger partial charge in [0, 0.05) is 6.04 Å². The highest BCUT2D eigenvalue weighted by atomic mass is 15.2. The minimum absolute atomic E-state index is 0.263. The molecule has 3 rings (SSSR count). The second kappa shape index (κ2) is 7.06. The van der Waals surface area contributed by atoms with Crippen LogP contribution in [0.25, 0.3) is 10.8 Å². The third-order valence-electron chi connectivity index (χ3n) is 4.94. The van der Waals surface area contributed by atoms with E-state index < -0.39 is 0 Å². The zero-order valence-electron chi connectivity index (χ0n) is 12.7. The van der Waals surface area contributed by atoms with E-state index in [-0.39, 0.29) is 6.04 Å². The highest BCUT2D eigenvalue weighted by molar-refractivity contribution is 5.86. The smallest absolute Gasteiger partial charge is 0.0468 e. The molecule has 1 saturated carbocycles. The Balaban J connectivity index is 1.84. The second-order valence-corrected chi connectivity index (χ2v) is 6.38. The molecule has 1 atom stereocenters. The van der Waals surface area contributed by atoms with E-state index in [4.69, 9.17) is 5.84 Å². The van der Waals surface area contributed by atoms with Crippen LogP contribution < -0.4 is 11.3 Å². The lowest BCUT2D eigenvalue weighted by Gasteiger charge is -2.23. The number of nitrogens with two attached hydrogens (primary N) is 1. The Hall–Kier alpha value is -1.38. The van der Waals surface area contributed by atoms with Crippen molar-refractivity contribution in [3.8, 4) is 0 Å². The average molecular weight is 282 g/mol. The maximum atomic E-state index is 5.90. The molecule has 2 heteroatoms. The first-order chi connectivity index (χ1) is 10.4. The second-order valence-electron chi connectivity index (χ2n) is 6.38. The van der Waals surface area contributed by atoms with Gasteiger partial charge in [-0.15, -0.1) is 0 Å². The lowest BCUT2D eigenvalue weighted by atomic mass is 9.88. The SMILES string of the molecule is NNC(CC1CCCCCC1)c1cccc2ccccc12. The molecular weight excluding hydrogens is 256 g/mol. The van der Waals surface area contributed by atoms with Gasteiger partial charge in [-0.3, -0.25) is 11.3 Å². The Kier molecular flexibility index (Phi) is 4.89. The minimum Gasteiger partial charge on any atom is -0.271 e. The van der Waals surface area contributed by atoms with Gasteiger partial charge in [0.1, 0.15) is 0 Å². The van der Waals surface area contributed by atoms with Crippen molar-refractivity contribution in [1.82, 2.24) is 5.43 Å². The Bertz CT molecular complexity index is 565. The van der Waals surface area contributed by atoms with Crippen LogP contribution in [0.5, 0.6) is 0 Å². The van der Waals surface area contributed by atoms with Gasteiger partial charge in [0.2, 0.25) is 0 Å². The van der Waals surface area contributed by atoms with Gasteiger partial charge in [0.25, 0.3) is 0 Å². The van der Waals surface area contributed by atoms with E-state index in [2.05, 4.69) is 47.9 Å². The first-order valence-corrected chi connectivity index (χ1v) is 8.32. The topological polar surface area (TPSA) is 38.0 Å². The molecule has 112 valence electrons. The van der Waals surface area contributed by atoms with Gasteiger partial charge < -0.3 is 0 Å². The van der Waals surface area contributed by atoms with Crippen molar-refractivity contribution < 1.29 is 0 Å². The summed E-state index contributed by atoms with van der Waals surface area (Å²) in [5.41, 5.74) is 4.43. The van der Waals surface area contributed by atoms with Crippen LogP contribution in [0.2, 0.25) is 0 Å². The maximum Gasteiger partial charge on any atom is 0.0468 e. The summed E-state index contributed by atoms with van der Waals surface area (Å²) in [5, 5.41) is 2.63. The largest absolute Gasteiger partial charge is 0.271 e. The Morgan fingerprint density at radius 2 is 1.67 bits per heavy atom. The summed E-state index contributed by atoms with van der Waals surface area (Å²) in [7, 11) is 0. The standard InChI is InChI=1S/C19H26N2/c20-21-19(14-15-8-3-1-2-4-9-15)18-13-7-11-16-10-5-6-12-17(16)18/h5-7,10-13,15,19,21H,1-4,8-9,14,20H2. The van der Waals surface area contributed by atoms with Crippen molar-refractivity contribution in [2.45, 2.75) is 51.0 Å². The predicted molar refractivity (Wildman–Crippen MR) is 89.8 cm³/mol. The first kappa shape index (κ1) is 14.6. The summed E-state index contributed by atoms with van der Waals surface area (Å²) in [6.07, 6.45) is 9.47. The Morgan fingerprint density at radius 3 is 2.43 bits per heavy atom. The number of rotatable bonds is 4. The molecule has 21 heavy (non-hydrogen) atoms. The molecule has 0 aliphatic heterocycles. The molecule has 2 nitrogen and oxygen atoms in total. The molecule has 0 amide bonds. The van der Waals surface area contributed by atoms with E-state index in [0.29, 0.717) is 0 Å². The van der Waals surface area contributed by atoms with Crippen molar-refractivity contribution >= 4 is 10.8 Å². The number of hydrazine groups is 1. The summed E-state index contributed by atoms with van der Waals surface area (Å²) in [6, 6.07) is 15.4. The number of nitrogens with one attached hydrogen (secondary N) is 1. The summed E-state index contributed by atoms with van der Waals surface area (Å²) in [5.74, 6) is 6.71. The molecule has 0 saturated heterocycles. The van der Waals surface area contributed by atoms with Crippen LogP contribution in [0, 0.1) is 5.92 Å². The minimum atomic E-state index is 0.263. The average Bonchev–Trinajstić information content (AvgIpc) is 2.81. The van der Waals surface area contributed by atoms with E-state index in [0.717, 1.165) is 12.3 Å². The van der Waals surface area contributed by atoms with Crippen molar-refractivity contribution in [1.29, 1.82) is 0 Å². The van der Waals surface area contributed by atoms with Gasteiger partial charge >= 0.3 is 0 Å². The van der Waals surface area contributed by atoms with E-state index in [1.165, 1.54) is 54.9 Å². The molecule has 3 N–H and O–H groups in total. The molecular formula is C19H26N2. The van der Waals surface area contributed by atoms with Gasteiger partial charge in [-0.2, -0.15) is 0 Å². The van der Waals surface area contributed by atoms with Crippen LogP contribution in [-0.4, -0.2) is 0 Å². The van der Waals surface area contributed by atoms with Crippen LogP contribution >= 0.6 is 0 Å². The van der Waals surface area contributed by atoms with Gasteiger partial charge in [0.05, 0.1) is 0 Å². The number of benzene rings is 2. The normalized spacial score (nSPS) is 18.5. The zero-order chi connectivity index (χ0) is 14.5. The first-order valence-electron chi connectivity index (χ1n) is 8.32. The third kappa shape index (κ3) is 3.45. The van der Waals surface area contributed by atoms with Crippen molar-refractivity contribution in [2.24, 2.45) is 11.8 Å². The van der Waals surface area contributed by atoms with Crippen molar-refractivity contribution in [3.63, 3.8) is 0 Å². The lowest BCUT2D eigenvalue weighted by Crippen LogP contribution is -2.29. The number of hydrogen-bond donors (Lipinski definition) is 2. The van der Waals surface area contributed by atoms with Gasteiger partial charge in [-0.05, 0) is 28.7 Å². The molecule has 0 aromatic heterocycles. The summed E-state index contributed by atoms with van der Waals surface area (Å²) in [6.45, 7) is 0.